The number of carbonyl (C=O) groups is 1. The van der Waals surface area contributed by atoms with Crippen LogP contribution in [0.25, 0.3) is 27.6 Å². The van der Waals surface area contributed by atoms with Crippen LogP contribution in [0.3, 0.4) is 0 Å². The van der Waals surface area contributed by atoms with Gasteiger partial charge < -0.3 is 0 Å². The molecule has 0 saturated carbocycles. The largest absolute Gasteiger partial charge is 0.294 e. The molecule has 0 aromatic heterocycles. The summed E-state index contributed by atoms with van der Waals surface area (Å²) in [6.45, 7) is 0. The number of carbonyl (C=O) groups excluding carboxylic acids is 1. The first kappa shape index (κ1) is 13.3. The number of halogens is 1. The monoisotopic (exact) mass is 372 g/mol. The van der Waals surface area contributed by atoms with Crippen LogP contribution in [-0.2, 0) is 4.79 Å². The van der Waals surface area contributed by atoms with Gasteiger partial charge in [0, 0.05) is 0 Å². The predicted octanol–water partition coefficient (Wildman–Crippen LogP) is 5.01. The maximum absolute atomic E-state index is 11.6. The van der Waals surface area contributed by atoms with Crippen molar-refractivity contribution in [1.29, 1.82) is 0 Å². The zero-order valence-electron chi connectivity index (χ0n) is 10.8. The van der Waals surface area contributed by atoms with E-state index in [1.807, 2.05) is 30.3 Å². The van der Waals surface area contributed by atoms with Crippen molar-refractivity contribution < 1.29 is 4.79 Å². The van der Waals surface area contributed by atoms with E-state index >= 15 is 0 Å². The third kappa shape index (κ3) is 2.48. The number of rotatable bonds is 3. The zero-order chi connectivity index (χ0) is 13.9. The van der Waals surface area contributed by atoms with E-state index in [9.17, 15) is 4.79 Å². The fourth-order valence-electron chi connectivity index (χ4n) is 2.45. The Hall–Kier alpha value is -1.68. The first-order valence-corrected chi connectivity index (χ1v) is 7.99. The van der Waals surface area contributed by atoms with E-state index in [1.165, 1.54) is 21.5 Å². The topological polar surface area (TPSA) is 17.1 Å². The molecule has 0 spiro atoms. The normalized spacial score (nSPS) is 11.4. The lowest BCUT2D eigenvalue weighted by molar-refractivity contribution is -0.112. The van der Waals surface area contributed by atoms with Gasteiger partial charge in [0.2, 0.25) is 0 Å². The van der Waals surface area contributed by atoms with Gasteiger partial charge in [-0.2, -0.15) is 0 Å². The predicted molar refractivity (Wildman–Crippen MR) is 94.4 cm³/mol. The second-order valence-electron chi connectivity index (χ2n) is 4.67. The van der Waals surface area contributed by atoms with E-state index < -0.39 is 0 Å². The van der Waals surface area contributed by atoms with Crippen LogP contribution in [0.4, 0.5) is 0 Å². The van der Waals surface area contributed by atoms with Gasteiger partial charge >= 0.3 is 0 Å². The van der Waals surface area contributed by atoms with Gasteiger partial charge in [-0.15, -0.1) is 0 Å². The molecule has 98 valence electrons. The Kier molecular flexibility index (Phi) is 3.83. The molecular weight excluding hydrogens is 359 g/mol. The fourth-order valence-corrected chi connectivity index (χ4v) is 2.70. The minimum absolute atomic E-state index is 0.141. The van der Waals surface area contributed by atoms with Crippen LogP contribution >= 0.6 is 22.6 Å². The molecule has 3 rings (SSSR count). The summed E-state index contributed by atoms with van der Waals surface area (Å²) in [7, 11) is 0. The fraction of sp³-hybridized carbons (Fsp3) is 0.0556. The Morgan fingerprint density at radius 1 is 0.950 bits per heavy atom. The molecule has 0 unspecified atom stereocenters. The summed E-state index contributed by atoms with van der Waals surface area (Å²) >= 11 is 2.09. The summed E-state index contributed by atoms with van der Waals surface area (Å²) in [5, 5.41) is 4.77. The summed E-state index contributed by atoms with van der Waals surface area (Å²) in [4.78, 5) is 11.6. The quantitative estimate of drug-likeness (QED) is 0.273. The SMILES string of the molecule is O=C(/C=C/c1c2ccccc2cc2ccccc12)CI. The Bertz CT molecular complexity index is 764. The molecule has 0 N–H and O–H groups in total. The van der Waals surface area contributed by atoms with Crippen molar-refractivity contribution in [2.24, 2.45) is 0 Å². The number of hydrogen-bond donors (Lipinski definition) is 0. The molecule has 0 saturated heterocycles. The zero-order valence-corrected chi connectivity index (χ0v) is 13.0. The van der Waals surface area contributed by atoms with Crippen LogP contribution in [-0.4, -0.2) is 10.2 Å². The van der Waals surface area contributed by atoms with Gasteiger partial charge in [0.15, 0.2) is 5.78 Å². The number of fused-ring (bicyclic) bond motifs is 2. The molecule has 0 fully saturated rings. The number of ketones is 1. The molecule has 0 bridgehead atoms. The maximum Gasteiger partial charge on any atom is 0.165 e. The van der Waals surface area contributed by atoms with Crippen LogP contribution < -0.4 is 0 Å². The number of hydrogen-bond acceptors (Lipinski definition) is 1. The summed E-state index contributed by atoms with van der Waals surface area (Å²) < 4.78 is 0.511. The molecule has 2 heteroatoms. The lowest BCUT2D eigenvalue weighted by atomic mass is 9.96. The number of benzene rings is 3. The second-order valence-corrected chi connectivity index (χ2v) is 5.43. The van der Waals surface area contributed by atoms with Crippen molar-refractivity contribution >= 4 is 56.0 Å². The third-order valence-corrected chi connectivity index (χ3v) is 4.13. The standard InChI is InChI=1S/C18H13IO/c19-12-15(20)9-10-18-16-7-3-1-5-13(16)11-14-6-2-4-8-17(14)18/h1-11H,12H2/b10-9+. The molecule has 0 aliphatic heterocycles. The highest BCUT2D eigenvalue weighted by Crippen LogP contribution is 2.29. The van der Waals surface area contributed by atoms with E-state index in [-0.39, 0.29) is 5.78 Å². The Morgan fingerprint density at radius 3 is 2.05 bits per heavy atom. The van der Waals surface area contributed by atoms with Gasteiger partial charge in [-0.05, 0) is 39.3 Å². The van der Waals surface area contributed by atoms with Crippen molar-refractivity contribution in [2.75, 3.05) is 4.43 Å². The van der Waals surface area contributed by atoms with Crippen molar-refractivity contribution in [2.45, 2.75) is 0 Å². The van der Waals surface area contributed by atoms with Crippen molar-refractivity contribution in [3.05, 3.63) is 66.2 Å². The molecule has 0 aliphatic carbocycles. The van der Waals surface area contributed by atoms with Crippen LogP contribution in [0.15, 0.2) is 60.7 Å². The number of alkyl halides is 1. The molecule has 0 aliphatic rings. The summed E-state index contributed by atoms with van der Waals surface area (Å²) in [6, 6.07) is 18.8. The maximum atomic E-state index is 11.6. The highest BCUT2D eigenvalue weighted by molar-refractivity contribution is 14.1. The molecule has 0 heterocycles. The molecule has 0 amide bonds. The highest BCUT2D eigenvalue weighted by Gasteiger charge is 2.05. The van der Waals surface area contributed by atoms with E-state index in [0.717, 1.165) is 5.56 Å². The lowest BCUT2D eigenvalue weighted by Crippen LogP contribution is -1.91. The van der Waals surface area contributed by atoms with Crippen molar-refractivity contribution in [3.63, 3.8) is 0 Å². The third-order valence-electron chi connectivity index (χ3n) is 3.38. The van der Waals surface area contributed by atoms with Crippen LogP contribution in [0.1, 0.15) is 5.56 Å². The second kappa shape index (κ2) is 5.75. The summed E-state index contributed by atoms with van der Waals surface area (Å²) in [6.07, 6.45) is 3.63. The molecule has 1 nitrogen and oxygen atoms in total. The minimum Gasteiger partial charge on any atom is -0.294 e. The van der Waals surface area contributed by atoms with Crippen molar-refractivity contribution in [3.8, 4) is 0 Å². The lowest BCUT2D eigenvalue weighted by Gasteiger charge is -2.08. The molecule has 3 aromatic carbocycles. The van der Waals surface area contributed by atoms with E-state index in [4.69, 9.17) is 0 Å². The Morgan fingerprint density at radius 2 is 1.50 bits per heavy atom. The molecule has 3 aromatic rings. The molecular formula is C18H13IO. The minimum atomic E-state index is 0.141. The van der Waals surface area contributed by atoms with Gasteiger partial charge in [0.25, 0.3) is 0 Å². The Labute approximate surface area is 131 Å². The highest BCUT2D eigenvalue weighted by atomic mass is 127. The molecule has 20 heavy (non-hydrogen) atoms. The first-order valence-electron chi connectivity index (χ1n) is 6.47. The average Bonchev–Trinajstić information content (AvgIpc) is 2.51. The van der Waals surface area contributed by atoms with Gasteiger partial charge in [0.1, 0.15) is 0 Å². The molecule has 0 radical (unpaired) electrons. The van der Waals surface area contributed by atoms with Gasteiger partial charge in [-0.1, -0.05) is 77.2 Å². The number of allylic oxidation sites excluding steroid dienone is 1. The van der Waals surface area contributed by atoms with E-state index in [1.54, 1.807) is 6.08 Å². The van der Waals surface area contributed by atoms with E-state index in [2.05, 4.69) is 52.9 Å². The van der Waals surface area contributed by atoms with Gasteiger partial charge in [0.05, 0.1) is 4.43 Å². The van der Waals surface area contributed by atoms with Crippen molar-refractivity contribution in [1.82, 2.24) is 0 Å². The van der Waals surface area contributed by atoms with Crippen LogP contribution in [0, 0.1) is 0 Å². The van der Waals surface area contributed by atoms with Crippen LogP contribution in [0.2, 0.25) is 0 Å². The summed E-state index contributed by atoms with van der Waals surface area (Å²) in [5.74, 6) is 0.141. The first-order chi connectivity index (χ1) is 9.79. The Balaban J connectivity index is 2.33. The summed E-state index contributed by atoms with van der Waals surface area (Å²) in [5.41, 5.74) is 1.12. The van der Waals surface area contributed by atoms with Gasteiger partial charge in [-0.3, -0.25) is 4.79 Å². The molecule has 0 atom stereocenters. The smallest absolute Gasteiger partial charge is 0.165 e. The van der Waals surface area contributed by atoms with Crippen LogP contribution in [0.5, 0.6) is 0 Å². The van der Waals surface area contributed by atoms with Gasteiger partial charge in [-0.25, -0.2) is 0 Å². The van der Waals surface area contributed by atoms with E-state index in [0.29, 0.717) is 4.43 Å². The average molecular weight is 372 g/mol.